The maximum Gasteiger partial charge on any atom is 0.264 e. The molecule has 1 heterocycles. The number of nitrogens with zero attached hydrogens (tertiary/aromatic N) is 1. The van der Waals surface area contributed by atoms with Crippen LogP contribution in [0.15, 0.2) is 28.1 Å². The molecule has 1 amide bonds. The summed E-state index contributed by atoms with van der Waals surface area (Å²) in [6, 6.07) is 5.94. The van der Waals surface area contributed by atoms with Gasteiger partial charge in [0, 0.05) is 0 Å². The number of amides is 1. The minimum Gasteiger partial charge on any atom is -0.493 e. The van der Waals surface area contributed by atoms with E-state index in [9.17, 15) is 4.79 Å². The number of hydrogen-bond donors (Lipinski definition) is 1. The van der Waals surface area contributed by atoms with Crippen LogP contribution in [0.5, 0.6) is 11.5 Å². The van der Waals surface area contributed by atoms with Crippen LogP contribution in [0.4, 0.5) is 0 Å². The second kappa shape index (κ2) is 7.08. The molecular formula is C17H20N2O3S. The van der Waals surface area contributed by atoms with Crippen molar-refractivity contribution in [3.05, 3.63) is 28.7 Å². The van der Waals surface area contributed by atoms with Crippen LogP contribution < -0.4 is 14.8 Å². The highest BCUT2D eigenvalue weighted by atomic mass is 32.2. The van der Waals surface area contributed by atoms with Gasteiger partial charge in [-0.05, 0) is 48.4 Å². The quantitative estimate of drug-likeness (QED) is 0.860. The number of carbonyl (C=O) groups is 1. The number of nitrogens with one attached hydrogen (secondary N) is 1. The molecule has 1 saturated carbocycles. The van der Waals surface area contributed by atoms with E-state index in [1.165, 1.54) is 24.6 Å². The molecule has 1 aromatic carbocycles. The highest BCUT2D eigenvalue weighted by Crippen LogP contribution is 2.32. The molecule has 0 bridgehead atoms. The van der Waals surface area contributed by atoms with Gasteiger partial charge in [-0.3, -0.25) is 9.79 Å². The fourth-order valence-electron chi connectivity index (χ4n) is 2.78. The molecule has 5 nitrogen and oxygen atoms in total. The van der Waals surface area contributed by atoms with Crippen LogP contribution in [0, 0.1) is 0 Å². The lowest BCUT2D eigenvalue weighted by Gasteiger charge is -2.07. The number of rotatable bonds is 4. The summed E-state index contributed by atoms with van der Waals surface area (Å²) in [5, 5.41) is 3.57. The largest absolute Gasteiger partial charge is 0.493 e. The molecule has 2 fully saturated rings. The van der Waals surface area contributed by atoms with E-state index in [0.717, 1.165) is 18.4 Å². The summed E-state index contributed by atoms with van der Waals surface area (Å²) in [5.41, 5.74) is 0.891. The fourth-order valence-corrected chi connectivity index (χ4v) is 3.67. The van der Waals surface area contributed by atoms with Gasteiger partial charge in [-0.15, -0.1) is 0 Å². The van der Waals surface area contributed by atoms with Gasteiger partial charge in [0.25, 0.3) is 5.91 Å². The summed E-state index contributed by atoms with van der Waals surface area (Å²) in [6.45, 7) is 0. The van der Waals surface area contributed by atoms with Crippen molar-refractivity contribution in [1.82, 2.24) is 5.32 Å². The van der Waals surface area contributed by atoms with Gasteiger partial charge in [0.15, 0.2) is 16.7 Å². The molecule has 0 radical (unpaired) electrons. The SMILES string of the molecule is COc1ccc(C=C2SC(=NC3CCCC3)NC2=O)cc1OC. The Balaban J connectivity index is 1.78. The fraction of sp³-hybridized carbons (Fsp3) is 0.412. The molecule has 3 rings (SSSR count). The molecule has 0 spiro atoms. The number of benzene rings is 1. The highest BCUT2D eigenvalue weighted by molar-refractivity contribution is 8.18. The molecule has 6 heteroatoms. The van der Waals surface area contributed by atoms with E-state index < -0.39 is 0 Å². The van der Waals surface area contributed by atoms with Crippen molar-refractivity contribution in [3.63, 3.8) is 0 Å². The topological polar surface area (TPSA) is 59.9 Å². The maximum absolute atomic E-state index is 12.1. The third-order valence-corrected chi connectivity index (χ3v) is 4.90. The average molecular weight is 332 g/mol. The summed E-state index contributed by atoms with van der Waals surface area (Å²) in [6.07, 6.45) is 6.55. The summed E-state index contributed by atoms with van der Waals surface area (Å²) >= 11 is 1.40. The number of amidine groups is 1. The van der Waals surface area contributed by atoms with Crippen LogP contribution in [0.2, 0.25) is 0 Å². The maximum atomic E-state index is 12.1. The lowest BCUT2D eigenvalue weighted by atomic mass is 10.2. The zero-order valence-electron chi connectivity index (χ0n) is 13.3. The van der Waals surface area contributed by atoms with Crippen LogP contribution in [-0.2, 0) is 4.79 Å². The summed E-state index contributed by atoms with van der Waals surface area (Å²) in [4.78, 5) is 17.4. The third kappa shape index (κ3) is 3.69. The first-order valence-electron chi connectivity index (χ1n) is 7.70. The predicted molar refractivity (Wildman–Crippen MR) is 92.9 cm³/mol. The minimum absolute atomic E-state index is 0.0958. The first-order chi connectivity index (χ1) is 11.2. The number of aliphatic imine (C=N–C) groups is 1. The molecule has 0 atom stereocenters. The van der Waals surface area contributed by atoms with Crippen LogP contribution in [0.3, 0.4) is 0 Å². The lowest BCUT2D eigenvalue weighted by Crippen LogP contribution is -2.21. The minimum atomic E-state index is -0.0958. The molecule has 1 N–H and O–H groups in total. The molecule has 1 aliphatic heterocycles. The Hall–Kier alpha value is -1.95. The Morgan fingerprint density at radius 3 is 2.65 bits per heavy atom. The lowest BCUT2D eigenvalue weighted by molar-refractivity contribution is -0.115. The summed E-state index contributed by atoms with van der Waals surface area (Å²) in [5.74, 6) is 1.22. The number of hydrogen-bond acceptors (Lipinski definition) is 5. The normalized spacial score (nSPS) is 21.9. The van der Waals surface area contributed by atoms with E-state index in [0.29, 0.717) is 27.6 Å². The van der Waals surface area contributed by atoms with Gasteiger partial charge in [0.05, 0.1) is 25.2 Å². The predicted octanol–water partition coefficient (Wildman–Crippen LogP) is 3.21. The van der Waals surface area contributed by atoms with E-state index in [4.69, 9.17) is 9.47 Å². The smallest absolute Gasteiger partial charge is 0.264 e. The first kappa shape index (κ1) is 15.9. The third-order valence-electron chi connectivity index (χ3n) is 3.98. The molecule has 23 heavy (non-hydrogen) atoms. The van der Waals surface area contributed by atoms with Crippen molar-refractivity contribution >= 4 is 28.9 Å². The monoisotopic (exact) mass is 332 g/mol. The van der Waals surface area contributed by atoms with Gasteiger partial charge >= 0.3 is 0 Å². The van der Waals surface area contributed by atoms with E-state index >= 15 is 0 Å². The summed E-state index contributed by atoms with van der Waals surface area (Å²) < 4.78 is 10.5. The van der Waals surface area contributed by atoms with Crippen molar-refractivity contribution in [2.24, 2.45) is 4.99 Å². The van der Waals surface area contributed by atoms with Gasteiger partial charge in [-0.2, -0.15) is 0 Å². The van der Waals surface area contributed by atoms with Crippen LogP contribution in [0.25, 0.3) is 6.08 Å². The molecule has 0 aromatic heterocycles. The number of methoxy groups -OCH3 is 2. The number of thioether (sulfide) groups is 1. The van der Waals surface area contributed by atoms with Gasteiger partial charge in [-0.25, -0.2) is 0 Å². The number of ether oxygens (including phenoxy) is 2. The molecule has 0 unspecified atom stereocenters. The Kier molecular flexibility index (Phi) is 4.91. The molecule has 1 aromatic rings. The molecule has 1 aliphatic carbocycles. The van der Waals surface area contributed by atoms with Crippen LogP contribution >= 0.6 is 11.8 Å². The Morgan fingerprint density at radius 2 is 1.96 bits per heavy atom. The van der Waals surface area contributed by atoms with Crippen LogP contribution in [-0.4, -0.2) is 31.3 Å². The van der Waals surface area contributed by atoms with Crippen LogP contribution in [0.1, 0.15) is 31.2 Å². The Labute approximate surface area is 140 Å². The van der Waals surface area contributed by atoms with Gasteiger partial charge in [0.1, 0.15) is 0 Å². The second-order valence-corrected chi connectivity index (χ2v) is 6.58. The zero-order chi connectivity index (χ0) is 16.2. The molecule has 2 aliphatic rings. The van der Waals surface area contributed by atoms with Gasteiger partial charge in [0.2, 0.25) is 0 Å². The molecule has 122 valence electrons. The van der Waals surface area contributed by atoms with Gasteiger partial charge in [-0.1, -0.05) is 18.9 Å². The highest BCUT2D eigenvalue weighted by Gasteiger charge is 2.25. The zero-order valence-corrected chi connectivity index (χ0v) is 14.1. The van der Waals surface area contributed by atoms with Crippen molar-refractivity contribution < 1.29 is 14.3 Å². The number of carbonyl (C=O) groups excluding carboxylic acids is 1. The Morgan fingerprint density at radius 1 is 1.22 bits per heavy atom. The van der Waals surface area contributed by atoms with E-state index in [1.54, 1.807) is 14.2 Å². The van der Waals surface area contributed by atoms with Crippen molar-refractivity contribution in [3.8, 4) is 11.5 Å². The molecule has 1 saturated heterocycles. The van der Waals surface area contributed by atoms with Gasteiger partial charge < -0.3 is 14.8 Å². The van der Waals surface area contributed by atoms with E-state index in [2.05, 4.69) is 10.3 Å². The second-order valence-electron chi connectivity index (χ2n) is 5.55. The van der Waals surface area contributed by atoms with E-state index in [1.807, 2.05) is 24.3 Å². The summed E-state index contributed by atoms with van der Waals surface area (Å²) in [7, 11) is 3.19. The van der Waals surface area contributed by atoms with Crippen molar-refractivity contribution in [2.75, 3.05) is 14.2 Å². The first-order valence-corrected chi connectivity index (χ1v) is 8.52. The van der Waals surface area contributed by atoms with E-state index in [-0.39, 0.29) is 5.91 Å². The molecular weight excluding hydrogens is 312 g/mol. The standard InChI is InChI=1S/C17H20N2O3S/c1-21-13-8-7-11(9-14(13)22-2)10-15-16(20)19-17(23-15)18-12-5-3-4-6-12/h7-10,12H,3-6H2,1-2H3,(H,18,19,20). The Bertz CT molecular complexity index is 664. The van der Waals surface area contributed by atoms with Crippen molar-refractivity contribution in [2.45, 2.75) is 31.7 Å². The van der Waals surface area contributed by atoms with Crippen molar-refractivity contribution in [1.29, 1.82) is 0 Å². The average Bonchev–Trinajstić information content (AvgIpc) is 3.18.